The molecule has 1 aliphatic carbocycles. The number of carbonyl (C=O) groups excluding carboxylic acids is 1. The lowest BCUT2D eigenvalue weighted by Gasteiger charge is -2.26. The fraction of sp³-hybridized carbons (Fsp3) is 0.541. The van der Waals surface area contributed by atoms with E-state index in [2.05, 4.69) is 53.8 Å². The minimum Gasteiger partial charge on any atom is -0.293 e. The average Bonchev–Trinajstić information content (AvgIpc) is 3.00. The van der Waals surface area contributed by atoms with Crippen LogP contribution in [0, 0.1) is 0 Å². The highest BCUT2D eigenvalue weighted by Gasteiger charge is 2.35. The van der Waals surface area contributed by atoms with Gasteiger partial charge in [-0.25, -0.2) is 4.98 Å². The van der Waals surface area contributed by atoms with Gasteiger partial charge in [0.2, 0.25) is 22.7 Å². The Hall–Kier alpha value is -2.85. The smallest absolute Gasteiger partial charge is 0.241 e. The molecule has 0 amide bonds. The SMILES string of the molecule is CCCCCCCCCCCCCCCCCCN(C)C1C=Cc2c(nc3ccccc3[n+]2-c2ccccc2)C1=O. The molecule has 2 aromatic carbocycles. The van der Waals surface area contributed by atoms with Crippen LogP contribution < -0.4 is 4.57 Å². The predicted octanol–water partition coefficient (Wildman–Crippen LogP) is 9.28. The average molecular weight is 555 g/mol. The van der Waals surface area contributed by atoms with Crippen molar-refractivity contribution < 1.29 is 9.36 Å². The van der Waals surface area contributed by atoms with E-state index >= 15 is 0 Å². The van der Waals surface area contributed by atoms with E-state index in [4.69, 9.17) is 4.98 Å². The summed E-state index contributed by atoms with van der Waals surface area (Å²) in [4.78, 5) is 20.7. The second-order valence-corrected chi connectivity index (χ2v) is 12.0. The number of likely N-dealkylation sites (N-methyl/N-ethyl adjacent to an activating group) is 1. The van der Waals surface area contributed by atoms with E-state index in [1.807, 2.05) is 36.4 Å². The number of Topliss-reactive ketones (excluding diaryl/α,β-unsaturated/α-hetero) is 1. The predicted molar refractivity (Wildman–Crippen MR) is 173 cm³/mol. The molecule has 0 aliphatic heterocycles. The number of fused-ring (bicyclic) bond motifs is 2. The third-order valence-electron chi connectivity index (χ3n) is 8.63. The molecule has 1 atom stereocenters. The Morgan fingerprint density at radius 1 is 0.707 bits per heavy atom. The van der Waals surface area contributed by atoms with Gasteiger partial charge in [-0.3, -0.25) is 9.69 Å². The van der Waals surface area contributed by atoms with Gasteiger partial charge < -0.3 is 0 Å². The summed E-state index contributed by atoms with van der Waals surface area (Å²) >= 11 is 0. The summed E-state index contributed by atoms with van der Waals surface area (Å²) in [7, 11) is 2.08. The molecule has 4 heteroatoms. The standard InChI is InChI=1S/C37H52N3O/c1-3-4-5-6-7-8-9-10-11-12-13-14-15-16-17-23-30-39(2)35-29-28-34-36(37(35)41)38-32-26-21-22-27-33(32)40(34)31-24-19-18-20-25-31/h18-22,24-29,35H,3-17,23,30H2,1-2H3/q+1. The van der Waals surface area contributed by atoms with Crippen molar-refractivity contribution in [2.45, 2.75) is 116 Å². The van der Waals surface area contributed by atoms with Crippen LogP contribution in [0.1, 0.15) is 126 Å². The normalized spacial score (nSPS) is 14.7. The van der Waals surface area contributed by atoms with Crippen LogP contribution in [0.5, 0.6) is 0 Å². The molecular weight excluding hydrogens is 502 g/mol. The van der Waals surface area contributed by atoms with Gasteiger partial charge in [-0.15, -0.1) is 4.57 Å². The summed E-state index contributed by atoms with van der Waals surface area (Å²) in [5, 5.41) is 0. The molecule has 0 radical (unpaired) electrons. The third-order valence-corrected chi connectivity index (χ3v) is 8.63. The molecule has 41 heavy (non-hydrogen) atoms. The number of rotatable bonds is 19. The van der Waals surface area contributed by atoms with Gasteiger partial charge in [0.25, 0.3) is 0 Å². The van der Waals surface area contributed by atoms with Crippen LogP contribution in [0.15, 0.2) is 60.7 Å². The van der Waals surface area contributed by atoms with Crippen LogP contribution in [-0.4, -0.2) is 35.3 Å². The Morgan fingerprint density at radius 3 is 1.85 bits per heavy atom. The Bertz CT molecular complexity index is 1240. The molecule has 0 spiro atoms. The van der Waals surface area contributed by atoms with Crippen LogP contribution in [0.4, 0.5) is 0 Å². The molecule has 0 saturated heterocycles. The Balaban J connectivity index is 1.16. The molecule has 4 rings (SSSR count). The van der Waals surface area contributed by atoms with Gasteiger partial charge in [0.1, 0.15) is 5.52 Å². The van der Waals surface area contributed by atoms with Gasteiger partial charge in [-0.2, -0.15) is 0 Å². The van der Waals surface area contributed by atoms with Gasteiger partial charge in [0.05, 0.1) is 6.04 Å². The van der Waals surface area contributed by atoms with E-state index in [1.165, 1.54) is 96.3 Å². The first-order valence-corrected chi connectivity index (χ1v) is 16.5. The van der Waals surface area contributed by atoms with Crippen molar-refractivity contribution >= 4 is 22.9 Å². The molecule has 0 N–H and O–H groups in total. The first-order valence-electron chi connectivity index (χ1n) is 16.5. The molecule has 0 saturated carbocycles. The highest BCUT2D eigenvalue weighted by Crippen LogP contribution is 2.23. The summed E-state index contributed by atoms with van der Waals surface area (Å²) in [5.74, 6) is 0.0944. The van der Waals surface area contributed by atoms with E-state index in [0.29, 0.717) is 5.69 Å². The third kappa shape index (κ3) is 9.07. The maximum Gasteiger partial charge on any atom is 0.241 e. The lowest BCUT2D eigenvalue weighted by molar-refractivity contribution is -0.570. The maximum atomic E-state index is 13.7. The number of hydrogen-bond acceptors (Lipinski definition) is 3. The van der Waals surface area contributed by atoms with Crippen molar-refractivity contribution in [1.82, 2.24) is 9.88 Å². The number of unbranched alkanes of at least 4 members (excludes halogenated alkanes) is 15. The molecule has 1 aliphatic rings. The lowest BCUT2D eigenvalue weighted by atomic mass is 9.98. The second kappa shape index (κ2) is 17.2. The zero-order valence-electron chi connectivity index (χ0n) is 25.7. The van der Waals surface area contributed by atoms with Crippen LogP contribution in [-0.2, 0) is 0 Å². The molecular formula is C37H52N3O+. The molecule has 220 valence electrons. The highest BCUT2D eigenvalue weighted by molar-refractivity contribution is 6.05. The summed E-state index contributed by atoms with van der Waals surface area (Å²) in [5.41, 5.74) is 4.33. The first-order chi connectivity index (χ1) is 20.2. The Morgan fingerprint density at radius 2 is 1.24 bits per heavy atom. The maximum absolute atomic E-state index is 13.7. The van der Waals surface area contributed by atoms with Gasteiger partial charge in [-0.1, -0.05) is 140 Å². The van der Waals surface area contributed by atoms with Crippen molar-refractivity contribution in [2.24, 2.45) is 0 Å². The zero-order chi connectivity index (χ0) is 28.7. The molecule has 1 aromatic heterocycles. The first kappa shape index (κ1) is 31.1. The Kier molecular flexibility index (Phi) is 13.0. The quantitative estimate of drug-likeness (QED) is 0.109. The minimum absolute atomic E-state index is 0.0944. The fourth-order valence-electron chi connectivity index (χ4n) is 6.16. The largest absolute Gasteiger partial charge is 0.293 e. The summed E-state index contributed by atoms with van der Waals surface area (Å²) < 4.78 is 2.16. The topological polar surface area (TPSA) is 37.1 Å². The number of aromatic nitrogens is 2. The molecule has 3 aromatic rings. The highest BCUT2D eigenvalue weighted by atomic mass is 16.1. The molecule has 1 heterocycles. The number of hydrogen-bond donors (Lipinski definition) is 0. The minimum atomic E-state index is -0.253. The van der Waals surface area contributed by atoms with Crippen molar-refractivity contribution in [3.63, 3.8) is 0 Å². The fourth-order valence-corrected chi connectivity index (χ4v) is 6.16. The van der Waals surface area contributed by atoms with Crippen molar-refractivity contribution in [2.75, 3.05) is 13.6 Å². The van der Waals surface area contributed by atoms with E-state index in [0.717, 1.165) is 35.4 Å². The van der Waals surface area contributed by atoms with Gasteiger partial charge in [-0.05, 0) is 26.1 Å². The van der Waals surface area contributed by atoms with Crippen LogP contribution in [0.25, 0.3) is 22.8 Å². The summed E-state index contributed by atoms with van der Waals surface area (Å²) in [6.45, 7) is 3.22. The Labute approximate surface area is 248 Å². The summed E-state index contributed by atoms with van der Waals surface area (Å²) in [6, 6.07) is 18.1. The van der Waals surface area contributed by atoms with Gasteiger partial charge in [0, 0.05) is 24.3 Å². The van der Waals surface area contributed by atoms with Crippen molar-refractivity contribution in [3.8, 4) is 5.69 Å². The molecule has 1 unspecified atom stereocenters. The van der Waals surface area contributed by atoms with Crippen molar-refractivity contribution in [1.29, 1.82) is 0 Å². The lowest BCUT2D eigenvalue weighted by Crippen LogP contribution is -2.44. The molecule has 4 nitrogen and oxygen atoms in total. The monoisotopic (exact) mass is 554 g/mol. The van der Waals surface area contributed by atoms with E-state index < -0.39 is 0 Å². The number of ketones is 1. The van der Waals surface area contributed by atoms with Crippen LogP contribution >= 0.6 is 0 Å². The number of carbonyl (C=O) groups is 1. The number of para-hydroxylation sites is 3. The number of benzene rings is 2. The second-order valence-electron chi connectivity index (χ2n) is 12.0. The summed E-state index contributed by atoms with van der Waals surface area (Å²) in [6.07, 6.45) is 26.1. The zero-order valence-corrected chi connectivity index (χ0v) is 25.7. The van der Waals surface area contributed by atoms with Crippen LogP contribution in [0.2, 0.25) is 0 Å². The molecule has 0 fully saturated rings. The van der Waals surface area contributed by atoms with E-state index in [-0.39, 0.29) is 11.8 Å². The van der Waals surface area contributed by atoms with Gasteiger partial charge >= 0.3 is 0 Å². The van der Waals surface area contributed by atoms with Gasteiger partial charge in [0.15, 0.2) is 5.69 Å². The van der Waals surface area contributed by atoms with Crippen LogP contribution in [0.3, 0.4) is 0 Å². The van der Waals surface area contributed by atoms with E-state index in [1.54, 1.807) is 0 Å². The van der Waals surface area contributed by atoms with E-state index in [9.17, 15) is 4.79 Å². The molecule has 0 bridgehead atoms. The number of nitrogens with zero attached hydrogens (tertiary/aromatic N) is 3. The van der Waals surface area contributed by atoms with Crippen molar-refractivity contribution in [3.05, 3.63) is 72.1 Å².